The Hall–Kier alpha value is -3.10. The molecule has 0 bridgehead atoms. The maximum atomic E-state index is 12.9. The van der Waals surface area contributed by atoms with Gasteiger partial charge in [0.25, 0.3) is 11.8 Å². The standard InChI is InChI=1S/C16H15N5O4/c22-13-11-6-2-3-7-12(11)14(23)21(13)25-15(24)16(8-4-1-5-9-16)20-10-17-18-19-20/h2-3,6-7,10H,1,4-5,8-9H2. The van der Waals surface area contributed by atoms with Crippen LogP contribution in [-0.4, -0.2) is 43.1 Å². The van der Waals surface area contributed by atoms with Gasteiger partial charge in [-0.15, -0.1) is 5.10 Å². The van der Waals surface area contributed by atoms with E-state index in [1.165, 1.54) is 23.1 Å². The number of hydrogen-bond donors (Lipinski definition) is 0. The van der Waals surface area contributed by atoms with Crippen LogP contribution in [0.1, 0.15) is 52.8 Å². The van der Waals surface area contributed by atoms with Crippen LogP contribution in [0.5, 0.6) is 0 Å². The van der Waals surface area contributed by atoms with E-state index in [2.05, 4.69) is 15.5 Å². The molecule has 1 fully saturated rings. The number of benzene rings is 1. The summed E-state index contributed by atoms with van der Waals surface area (Å²) in [5.74, 6) is -1.98. The molecule has 2 amide bonds. The molecule has 4 rings (SSSR count). The molecule has 9 nitrogen and oxygen atoms in total. The van der Waals surface area contributed by atoms with Crippen molar-refractivity contribution in [2.24, 2.45) is 0 Å². The number of tetrazole rings is 1. The van der Waals surface area contributed by atoms with Crippen LogP contribution < -0.4 is 0 Å². The topological polar surface area (TPSA) is 107 Å². The van der Waals surface area contributed by atoms with E-state index in [-0.39, 0.29) is 11.1 Å². The average Bonchev–Trinajstić information content (AvgIpc) is 3.27. The summed E-state index contributed by atoms with van der Waals surface area (Å²) in [5, 5.41) is 11.6. The Kier molecular flexibility index (Phi) is 3.56. The molecule has 0 spiro atoms. The number of fused-ring (bicyclic) bond motifs is 1. The maximum absolute atomic E-state index is 12.9. The molecule has 2 aromatic rings. The van der Waals surface area contributed by atoms with Crippen molar-refractivity contribution in [2.45, 2.75) is 37.6 Å². The molecule has 0 N–H and O–H groups in total. The summed E-state index contributed by atoms with van der Waals surface area (Å²) in [5.41, 5.74) is -0.655. The maximum Gasteiger partial charge on any atom is 0.360 e. The Morgan fingerprint density at radius 1 is 1.04 bits per heavy atom. The predicted molar refractivity (Wildman–Crippen MR) is 81.9 cm³/mol. The van der Waals surface area contributed by atoms with Gasteiger partial charge in [-0.25, -0.2) is 9.48 Å². The summed E-state index contributed by atoms with van der Waals surface area (Å²) >= 11 is 0. The highest BCUT2D eigenvalue weighted by molar-refractivity contribution is 6.20. The highest BCUT2D eigenvalue weighted by Crippen LogP contribution is 2.36. The lowest BCUT2D eigenvalue weighted by Gasteiger charge is -2.34. The number of aromatic nitrogens is 4. The van der Waals surface area contributed by atoms with Crippen molar-refractivity contribution in [3.8, 4) is 0 Å². The monoisotopic (exact) mass is 341 g/mol. The second kappa shape index (κ2) is 5.76. The lowest BCUT2D eigenvalue weighted by atomic mass is 9.82. The molecule has 1 saturated carbocycles. The predicted octanol–water partition coefficient (Wildman–Crippen LogP) is 1.09. The molecule has 25 heavy (non-hydrogen) atoms. The van der Waals surface area contributed by atoms with E-state index in [0.717, 1.165) is 19.3 Å². The fraction of sp³-hybridized carbons (Fsp3) is 0.375. The van der Waals surface area contributed by atoms with Crippen LogP contribution in [-0.2, 0) is 15.2 Å². The van der Waals surface area contributed by atoms with E-state index in [9.17, 15) is 14.4 Å². The van der Waals surface area contributed by atoms with Crippen LogP contribution in [0.4, 0.5) is 0 Å². The average molecular weight is 341 g/mol. The molecular weight excluding hydrogens is 326 g/mol. The SMILES string of the molecule is O=C1c2ccccc2C(=O)N1OC(=O)C1(n2cnnn2)CCCCC1. The molecule has 9 heteroatoms. The summed E-state index contributed by atoms with van der Waals surface area (Å²) in [6.07, 6.45) is 4.92. The van der Waals surface area contributed by atoms with Gasteiger partial charge in [-0.2, -0.15) is 0 Å². The molecule has 0 unspecified atom stereocenters. The van der Waals surface area contributed by atoms with Crippen molar-refractivity contribution in [1.29, 1.82) is 0 Å². The van der Waals surface area contributed by atoms with Crippen molar-refractivity contribution in [3.63, 3.8) is 0 Å². The quantitative estimate of drug-likeness (QED) is 0.769. The number of rotatable bonds is 3. The summed E-state index contributed by atoms with van der Waals surface area (Å²) in [4.78, 5) is 43.0. The zero-order chi connectivity index (χ0) is 17.4. The highest BCUT2D eigenvalue weighted by atomic mass is 16.7. The second-order valence-corrected chi connectivity index (χ2v) is 6.18. The van der Waals surface area contributed by atoms with Gasteiger partial charge in [0.2, 0.25) is 0 Å². The zero-order valence-electron chi connectivity index (χ0n) is 13.3. The number of carbonyl (C=O) groups is 3. The van der Waals surface area contributed by atoms with Crippen LogP contribution in [0.2, 0.25) is 0 Å². The Morgan fingerprint density at radius 2 is 1.68 bits per heavy atom. The third kappa shape index (κ3) is 2.31. The van der Waals surface area contributed by atoms with Gasteiger partial charge in [-0.3, -0.25) is 9.59 Å². The molecule has 0 saturated heterocycles. The van der Waals surface area contributed by atoms with Gasteiger partial charge in [-0.1, -0.05) is 36.5 Å². The van der Waals surface area contributed by atoms with Gasteiger partial charge < -0.3 is 4.84 Å². The van der Waals surface area contributed by atoms with Crippen LogP contribution >= 0.6 is 0 Å². The fourth-order valence-corrected chi connectivity index (χ4v) is 3.44. The third-order valence-electron chi connectivity index (χ3n) is 4.78. The molecule has 0 atom stereocenters. The molecule has 1 aliphatic carbocycles. The largest absolute Gasteiger partial charge is 0.360 e. The summed E-state index contributed by atoms with van der Waals surface area (Å²) in [6, 6.07) is 6.36. The Bertz CT molecular complexity index is 807. The van der Waals surface area contributed by atoms with Crippen molar-refractivity contribution in [3.05, 3.63) is 41.7 Å². The first-order valence-electron chi connectivity index (χ1n) is 8.07. The smallest absolute Gasteiger partial charge is 0.327 e. The van der Waals surface area contributed by atoms with Crippen molar-refractivity contribution < 1.29 is 19.2 Å². The van der Waals surface area contributed by atoms with E-state index in [4.69, 9.17) is 4.84 Å². The van der Waals surface area contributed by atoms with Crippen LogP contribution in [0.15, 0.2) is 30.6 Å². The minimum atomic E-state index is -1.10. The lowest BCUT2D eigenvalue weighted by Crippen LogP contribution is -2.48. The van der Waals surface area contributed by atoms with E-state index >= 15 is 0 Å². The Balaban J connectivity index is 1.63. The van der Waals surface area contributed by atoms with E-state index in [0.29, 0.717) is 17.9 Å². The van der Waals surface area contributed by atoms with Gasteiger partial charge in [0.05, 0.1) is 11.1 Å². The Labute approximate surface area is 142 Å². The van der Waals surface area contributed by atoms with Gasteiger partial charge in [-0.05, 0) is 35.4 Å². The highest BCUT2D eigenvalue weighted by Gasteiger charge is 2.48. The van der Waals surface area contributed by atoms with E-state index in [1.807, 2.05) is 0 Å². The first kappa shape index (κ1) is 15.4. The van der Waals surface area contributed by atoms with Crippen LogP contribution in [0.25, 0.3) is 0 Å². The molecular formula is C16H15N5O4. The molecule has 1 aromatic heterocycles. The minimum absolute atomic E-state index is 0.223. The Morgan fingerprint density at radius 3 is 2.24 bits per heavy atom. The van der Waals surface area contributed by atoms with Gasteiger partial charge in [0.15, 0.2) is 5.54 Å². The molecule has 1 aliphatic heterocycles. The molecule has 2 heterocycles. The number of carbonyl (C=O) groups excluding carboxylic acids is 3. The third-order valence-corrected chi connectivity index (χ3v) is 4.78. The summed E-state index contributed by atoms with van der Waals surface area (Å²) in [6.45, 7) is 0. The number of nitrogens with zero attached hydrogens (tertiary/aromatic N) is 5. The minimum Gasteiger partial charge on any atom is -0.327 e. The first-order chi connectivity index (χ1) is 12.1. The van der Waals surface area contributed by atoms with Crippen LogP contribution in [0.3, 0.4) is 0 Å². The van der Waals surface area contributed by atoms with Crippen LogP contribution in [0, 0.1) is 0 Å². The first-order valence-corrected chi connectivity index (χ1v) is 8.07. The normalized spacial score (nSPS) is 19.0. The number of amides is 2. The number of hydrogen-bond acceptors (Lipinski definition) is 7. The van der Waals surface area contributed by atoms with Crippen molar-refractivity contribution in [1.82, 2.24) is 25.3 Å². The van der Waals surface area contributed by atoms with E-state index in [1.54, 1.807) is 12.1 Å². The summed E-state index contributed by atoms with van der Waals surface area (Å²) < 4.78 is 1.37. The van der Waals surface area contributed by atoms with Crippen molar-refractivity contribution in [2.75, 3.05) is 0 Å². The molecule has 2 aliphatic rings. The van der Waals surface area contributed by atoms with E-state index < -0.39 is 23.3 Å². The lowest BCUT2D eigenvalue weighted by molar-refractivity contribution is -0.182. The summed E-state index contributed by atoms with van der Waals surface area (Å²) in [7, 11) is 0. The number of imide groups is 1. The fourth-order valence-electron chi connectivity index (χ4n) is 3.44. The second-order valence-electron chi connectivity index (χ2n) is 6.18. The van der Waals surface area contributed by atoms with Gasteiger partial charge in [0, 0.05) is 0 Å². The molecule has 128 valence electrons. The molecule has 1 aromatic carbocycles. The zero-order valence-corrected chi connectivity index (χ0v) is 13.3. The van der Waals surface area contributed by atoms with Gasteiger partial charge >= 0.3 is 5.97 Å². The van der Waals surface area contributed by atoms with Gasteiger partial charge in [0.1, 0.15) is 6.33 Å². The van der Waals surface area contributed by atoms with Crippen molar-refractivity contribution >= 4 is 17.8 Å². The molecule has 0 radical (unpaired) electrons. The number of hydroxylamine groups is 2.